The van der Waals surface area contributed by atoms with Crippen molar-refractivity contribution in [2.24, 2.45) is 0 Å². The Labute approximate surface area is 146 Å². The molecule has 0 aliphatic carbocycles. The van der Waals surface area contributed by atoms with Crippen molar-refractivity contribution in [1.82, 2.24) is 15.3 Å². The molecule has 0 radical (unpaired) electrons. The van der Waals surface area contributed by atoms with Gasteiger partial charge in [0, 0.05) is 24.3 Å². The van der Waals surface area contributed by atoms with Gasteiger partial charge in [-0.2, -0.15) is 5.10 Å². The quantitative estimate of drug-likeness (QED) is 0.377. The van der Waals surface area contributed by atoms with Crippen LogP contribution < -0.4 is 14.9 Å². The summed E-state index contributed by atoms with van der Waals surface area (Å²) in [5.74, 6) is -1.33. The fraction of sp³-hybridized carbons (Fsp3) is 0.250. The lowest BCUT2D eigenvalue weighted by atomic mass is 9.99. The molecule has 4 heterocycles. The molecule has 2 aromatic heterocycles. The number of thioether (sulfide) groups is 1. The number of hydrogen-bond donors (Lipinski definition) is 2. The molecule has 25 heavy (non-hydrogen) atoms. The Kier molecular flexibility index (Phi) is 3.72. The van der Waals surface area contributed by atoms with E-state index in [1.807, 2.05) is 35.1 Å². The first-order valence-electron chi connectivity index (χ1n) is 7.66. The van der Waals surface area contributed by atoms with Crippen LogP contribution in [0, 0.1) is 0 Å². The van der Waals surface area contributed by atoms with E-state index in [0.29, 0.717) is 24.2 Å². The molecular weight excluding hydrogens is 344 g/mol. The SMILES string of the molecule is O=CN[C@@H]1C(=O)N2C(C(=O)[O-])=C(Cc3c[nH][n+]4ccccc34)CS[C@@H]12. The number of fused-ring (bicyclic) bond motifs is 2. The van der Waals surface area contributed by atoms with Crippen LogP contribution >= 0.6 is 11.8 Å². The number of carboxylic acids is 1. The number of carbonyl (C=O) groups is 3. The highest BCUT2D eigenvalue weighted by molar-refractivity contribution is 8.00. The highest BCUT2D eigenvalue weighted by Gasteiger charge is 2.52. The fourth-order valence-corrected chi connectivity index (χ4v) is 4.67. The molecule has 0 spiro atoms. The number of hydrogen-bond acceptors (Lipinski definition) is 5. The molecule has 1 fully saturated rings. The summed E-state index contributed by atoms with van der Waals surface area (Å²) in [4.78, 5) is 35.7. The van der Waals surface area contributed by atoms with Gasteiger partial charge >= 0.3 is 0 Å². The van der Waals surface area contributed by atoms with Gasteiger partial charge in [-0.1, -0.05) is 4.52 Å². The maximum absolute atomic E-state index is 12.2. The third kappa shape index (κ3) is 2.39. The lowest BCUT2D eigenvalue weighted by Crippen LogP contribution is -2.70. The van der Waals surface area contributed by atoms with Crippen molar-refractivity contribution in [2.75, 3.05) is 5.75 Å². The van der Waals surface area contributed by atoms with Crippen molar-refractivity contribution < 1.29 is 24.0 Å². The summed E-state index contributed by atoms with van der Waals surface area (Å²) in [5.41, 5.74) is 2.43. The molecule has 8 nitrogen and oxygen atoms in total. The van der Waals surface area contributed by atoms with Gasteiger partial charge in [0.2, 0.25) is 11.9 Å². The number of H-pyrrole nitrogens is 1. The van der Waals surface area contributed by atoms with Gasteiger partial charge in [0.05, 0.1) is 23.4 Å². The summed E-state index contributed by atoms with van der Waals surface area (Å²) >= 11 is 1.44. The lowest BCUT2D eigenvalue weighted by Gasteiger charge is -2.50. The second-order valence-corrected chi connectivity index (χ2v) is 6.95. The summed E-state index contributed by atoms with van der Waals surface area (Å²) in [5, 5.41) is 16.8. The Balaban J connectivity index is 1.69. The van der Waals surface area contributed by atoms with Crippen LogP contribution in [0.3, 0.4) is 0 Å². The fourth-order valence-electron chi connectivity index (χ4n) is 3.31. The molecule has 2 N–H and O–H groups in total. The average Bonchev–Trinajstić information content (AvgIpc) is 3.02. The number of β-lactam (4-membered cyclic amide) rings is 1. The van der Waals surface area contributed by atoms with Crippen molar-refractivity contribution in [2.45, 2.75) is 17.8 Å². The zero-order valence-electron chi connectivity index (χ0n) is 13.0. The highest BCUT2D eigenvalue weighted by atomic mass is 32.2. The predicted octanol–water partition coefficient (Wildman–Crippen LogP) is -1.67. The van der Waals surface area contributed by atoms with Crippen LogP contribution in [-0.2, 0) is 20.8 Å². The number of nitrogens with zero attached hydrogens (tertiary/aromatic N) is 2. The normalized spacial score (nSPS) is 22.6. The maximum atomic E-state index is 12.2. The van der Waals surface area contributed by atoms with E-state index in [9.17, 15) is 19.5 Å². The Morgan fingerprint density at radius 3 is 3.12 bits per heavy atom. The first-order valence-corrected chi connectivity index (χ1v) is 8.71. The molecule has 4 rings (SSSR count). The molecule has 1 saturated heterocycles. The summed E-state index contributed by atoms with van der Waals surface area (Å²) in [7, 11) is 0. The lowest BCUT2D eigenvalue weighted by molar-refractivity contribution is -0.576. The van der Waals surface area contributed by atoms with Gasteiger partial charge in [-0.25, -0.2) is 0 Å². The zero-order chi connectivity index (χ0) is 17.6. The second-order valence-electron chi connectivity index (χ2n) is 5.84. The smallest absolute Gasteiger partial charge is 0.253 e. The molecule has 128 valence electrons. The average molecular weight is 358 g/mol. The maximum Gasteiger partial charge on any atom is 0.253 e. The molecule has 9 heteroatoms. The van der Waals surface area contributed by atoms with Gasteiger partial charge in [0.15, 0.2) is 6.20 Å². The summed E-state index contributed by atoms with van der Waals surface area (Å²) < 4.78 is 1.84. The Morgan fingerprint density at radius 2 is 2.36 bits per heavy atom. The van der Waals surface area contributed by atoms with Crippen LogP contribution in [0.25, 0.3) is 5.52 Å². The Hall–Kier alpha value is -2.81. The molecule has 0 unspecified atom stereocenters. The minimum atomic E-state index is -1.37. The number of aromatic nitrogens is 2. The van der Waals surface area contributed by atoms with Crippen molar-refractivity contribution >= 4 is 35.6 Å². The molecule has 0 bridgehead atoms. The predicted molar refractivity (Wildman–Crippen MR) is 85.8 cm³/mol. The molecule has 2 aliphatic heterocycles. The third-order valence-corrected chi connectivity index (χ3v) is 5.80. The minimum absolute atomic E-state index is 0.0759. The van der Waals surface area contributed by atoms with Crippen LogP contribution in [0.2, 0.25) is 0 Å². The number of carbonyl (C=O) groups excluding carboxylic acids is 3. The van der Waals surface area contributed by atoms with Gasteiger partial charge < -0.3 is 15.2 Å². The second kappa shape index (κ2) is 5.92. The summed E-state index contributed by atoms with van der Waals surface area (Å²) in [6.07, 6.45) is 4.55. The van der Waals surface area contributed by atoms with Crippen molar-refractivity contribution in [3.8, 4) is 0 Å². The third-order valence-electron chi connectivity index (χ3n) is 4.46. The van der Waals surface area contributed by atoms with E-state index in [2.05, 4.69) is 10.4 Å². The molecule has 0 aromatic carbocycles. The van der Waals surface area contributed by atoms with Crippen LogP contribution in [0.1, 0.15) is 5.56 Å². The Morgan fingerprint density at radius 1 is 1.52 bits per heavy atom. The van der Waals surface area contributed by atoms with Crippen molar-refractivity contribution in [3.05, 3.63) is 47.4 Å². The molecule has 2 atom stereocenters. The van der Waals surface area contributed by atoms with Crippen LogP contribution in [0.15, 0.2) is 41.9 Å². The van der Waals surface area contributed by atoms with E-state index in [1.165, 1.54) is 16.7 Å². The first kappa shape index (κ1) is 15.7. The van der Waals surface area contributed by atoms with Gasteiger partial charge in [-0.05, 0) is 11.6 Å². The van der Waals surface area contributed by atoms with Crippen LogP contribution in [-0.4, -0.2) is 45.5 Å². The standard InChI is InChI=1S/C16H14N4O4S/c21-8-17-12-14(22)20-13(16(23)24)10(7-25-15(12)20)5-9-6-18-19-4-2-1-3-11(9)19/h1-4,6,8,12,15H,5,7H2,(H2,17,21,23,24)/t12-,15+/m1/s1. The number of nitrogens with one attached hydrogen (secondary N) is 2. The number of aromatic amines is 1. The van der Waals surface area contributed by atoms with Crippen molar-refractivity contribution in [3.63, 3.8) is 0 Å². The van der Waals surface area contributed by atoms with Gasteiger partial charge in [-0.3, -0.25) is 14.5 Å². The Bertz CT molecular complexity index is 922. The van der Waals surface area contributed by atoms with E-state index >= 15 is 0 Å². The largest absolute Gasteiger partial charge is 0.543 e. The van der Waals surface area contributed by atoms with E-state index in [4.69, 9.17) is 0 Å². The summed E-state index contributed by atoms with van der Waals surface area (Å²) in [6, 6.07) is 5.05. The van der Waals surface area contributed by atoms with E-state index < -0.39 is 23.3 Å². The molecule has 2 amide bonds. The summed E-state index contributed by atoms with van der Waals surface area (Å²) in [6.45, 7) is 0. The number of carboxylic acid groups (broad SMARTS) is 1. The van der Waals surface area contributed by atoms with E-state index in [1.54, 1.807) is 0 Å². The minimum Gasteiger partial charge on any atom is -0.543 e. The molecule has 0 saturated carbocycles. The molecule has 2 aliphatic rings. The van der Waals surface area contributed by atoms with E-state index in [-0.39, 0.29) is 5.70 Å². The zero-order valence-corrected chi connectivity index (χ0v) is 13.8. The molecular formula is C16H14N4O4S. The number of amides is 2. The van der Waals surface area contributed by atoms with Crippen LogP contribution in [0.5, 0.6) is 0 Å². The topological polar surface area (TPSA) is 109 Å². The van der Waals surface area contributed by atoms with Gasteiger partial charge in [0.1, 0.15) is 11.4 Å². The monoisotopic (exact) mass is 358 g/mol. The number of aliphatic carboxylic acids is 1. The van der Waals surface area contributed by atoms with Gasteiger partial charge in [0.25, 0.3) is 5.91 Å². The van der Waals surface area contributed by atoms with E-state index in [0.717, 1.165) is 11.1 Å². The van der Waals surface area contributed by atoms with Crippen molar-refractivity contribution in [1.29, 1.82) is 0 Å². The molecule has 2 aromatic rings. The number of rotatable bonds is 5. The number of pyridine rings is 1. The van der Waals surface area contributed by atoms with Crippen LogP contribution in [0.4, 0.5) is 0 Å². The van der Waals surface area contributed by atoms with Gasteiger partial charge in [-0.15, -0.1) is 11.8 Å². The highest BCUT2D eigenvalue weighted by Crippen LogP contribution is 2.40. The first-order chi connectivity index (χ1) is 12.1.